The fraction of sp³-hybridized carbons (Fsp3) is 0.316. The highest BCUT2D eigenvalue weighted by molar-refractivity contribution is 5.94. The van der Waals surface area contributed by atoms with Crippen LogP contribution in [0.4, 0.5) is 5.69 Å². The predicted octanol–water partition coefficient (Wildman–Crippen LogP) is 2.97. The lowest BCUT2D eigenvalue weighted by atomic mass is 10.0. The SMILES string of the molecule is Cl.NCc1ccc(C(=O)NC2CCN(c3ccccc3)CC2)cc1. The second-order valence-corrected chi connectivity index (χ2v) is 5.97. The summed E-state index contributed by atoms with van der Waals surface area (Å²) < 4.78 is 0. The first-order valence-corrected chi connectivity index (χ1v) is 8.16. The molecule has 0 saturated carbocycles. The zero-order chi connectivity index (χ0) is 16.1. The first kappa shape index (κ1) is 18.3. The van der Waals surface area contributed by atoms with Gasteiger partial charge in [0.1, 0.15) is 0 Å². The second kappa shape index (κ2) is 8.71. The molecule has 0 aromatic heterocycles. The van der Waals surface area contributed by atoms with Crippen molar-refractivity contribution in [3.63, 3.8) is 0 Å². The van der Waals surface area contributed by atoms with Crippen LogP contribution in [0.5, 0.6) is 0 Å². The second-order valence-electron chi connectivity index (χ2n) is 5.97. The average Bonchev–Trinajstić information content (AvgIpc) is 2.63. The van der Waals surface area contributed by atoms with Crippen molar-refractivity contribution < 1.29 is 4.79 Å². The number of piperidine rings is 1. The van der Waals surface area contributed by atoms with Crippen LogP contribution >= 0.6 is 12.4 Å². The van der Waals surface area contributed by atoms with Crippen molar-refractivity contribution in [2.45, 2.75) is 25.4 Å². The van der Waals surface area contributed by atoms with Crippen LogP contribution in [0, 0.1) is 0 Å². The van der Waals surface area contributed by atoms with Crippen LogP contribution in [0.25, 0.3) is 0 Å². The highest BCUT2D eigenvalue weighted by Crippen LogP contribution is 2.19. The van der Waals surface area contributed by atoms with Gasteiger partial charge in [0.15, 0.2) is 0 Å². The number of carbonyl (C=O) groups is 1. The molecule has 0 spiro atoms. The molecule has 1 heterocycles. The van der Waals surface area contributed by atoms with Crippen LogP contribution in [-0.2, 0) is 6.54 Å². The van der Waals surface area contributed by atoms with Crippen molar-refractivity contribution in [2.75, 3.05) is 18.0 Å². The molecule has 1 fully saturated rings. The number of para-hydroxylation sites is 1. The fourth-order valence-corrected chi connectivity index (χ4v) is 2.98. The lowest BCUT2D eigenvalue weighted by Gasteiger charge is -2.34. The van der Waals surface area contributed by atoms with E-state index in [0.29, 0.717) is 12.1 Å². The first-order valence-electron chi connectivity index (χ1n) is 8.16. The van der Waals surface area contributed by atoms with Gasteiger partial charge in [-0.25, -0.2) is 0 Å². The molecular weight excluding hydrogens is 322 g/mol. The van der Waals surface area contributed by atoms with Gasteiger partial charge in [0.05, 0.1) is 0 Å². The lowest BCUT2D eigenvalue weighted by molar-refractivity contribution is 0.0931. The Morgan fingerprint density at radius 2 is 1.67 bits per heavy atom. The molecule has 1 aliphatic rings. The quantitative estimate of drug-likeness (QED) is 0.895. The number of nitrogens with zero attached hydrogens (tertiary/aromatic N) is 1. The number of halogens is 1. The molecule has 3 N–H and O–H groups in total. The Labute approximate surface area is 149 Å². The normalized spacial score (nSPS) is 14.8. The van der Waals surface area contributed by atoms with Crippen molar-refractivity contribution in [1.82, 2.24) is 5.32 Å². The number of nitrogens with one attached hydrogen (secondary N) is 1. The molecular formula is C19H24ClN3O. The predicted molar refractivity (Wildman–Crippen MR) is 101 cm³/mol. The Kier molecular flexibility index (Phi) is 6.64. The van der Waals surface area contributed by atoms with E-state index in [1.54, 1.807) is 0 Å². The van der Waals surface area contributed by atoms with Crippen LogP contribution in [0.2, 0.25) is 0 Å². The molecule has 3 rings (SSSR count). The summed E-state index contributed by atoms with van der Waals surface area (Å²) in [6.07, 6.45) is 1.95. The molecule has 24 heavy (non-hydrogen) atoms. The molecule has 0 radical (unpaired) electrons. The highest BCUT2D eigenvalue weighted by Gasteiger charge is 2.21. The number of anilines is 1. The van der Waals surface area contributed by atoms with E-state index in [4.69, 9.17) is 5.73 Å². The lowest BCUT2D eigenvalue weighted by Crippen LogP contribution is -2.44. The van der Waals surface area contributed by atoms with Crippen LogP contribution < -0.4 is 16.0 Å². The van der Waals surface area contributed by atoms with Crippen molar-refractivity contribution in [3.8, 4) is 0 Å². The molecule has 0 atom stereocenters. The summed E-state index contributed by atoms with van der Waals surface area (Å²) in [6, 6.07) is 18.2. The minimum Gasteiger partial charge on any atom is -0.371 e. The molecule has 0 unspecified atom stereocenters. The number of rotatable bonds is 4. The van der Waals surface area contributed by atoms with Gasteiger partial charge < -0.3 is 16.0 Å². The zero-order valence-electron chi connectivity index (χ0n) is 13.7. The Morgan fingerprint density at radius 3 is 2.25 bits per heavy atom. The summed E-state index contributed by atoms with van der Waals surface area (Å²) in [5.74, 6) is 0.00623. The van der Waals surface area contributed by atoms with Crippen molar-refractivity contribution in [1.29, 1.82) is 0 Å². The summed E-state index contributed by atoms with van der Waals surface area (Å²) in [5.41, 5.74) is 8.58. The van der Waals surface area contributed by atoms with E-state index >= 15 is 0 Å². The first-order chi connectivity index (χ1) is 11.3. The van der Waals surface area contributed by atoms with Crippen molar-refractivity contribution >= 4 is 24.0 Å². The molecule has 1 amide bonds. The highest BCUT2D eigenvalue weighted by atomic mass is 35.5. The number of amides is 1. The van der Waals surface area contributed by atoms with E-state index in [-0.39, 0.29) is 24.4 Å². The Balaban J connectivity index is 0.00000208. The third-order valence-electron chi connectivity index (χ3n) is 4.40. The van der Waals surface area contributed by atoms with Gasteiger partial charge in [0, 0.05) is 36.9 Å². The van der Waals surface area contributed by atoms with E-state index < -0.39 is 0 Å². The number of nitrogens with two attached hydrogens (primary N) is 1. The van der Waals surface area contributed by atoms with E-state index in [1.165, 1.54) is 5.69 Å². The number of benzene rings is 2. The van der Waals surface area contributed by atoms with Crippen LogP contribution in [0.3, 0.4) is 0 Å². The summed E-state index contributed by atoms with van der Waals surface area (Å²) in [4.78, 5) is 14.7. The molecule has 5 heteroatoms. The van der Waals surface area contributed by atoms with Gasteiger partial charge in [0.25, 0.3) is 5.91 Å². The minimum absolute atomic E-state index is 0. The number of hydrogen-bond acceptors (Lipinski definition) is 3. The van der Waals surface area contributed by atoms with Crippen molar-refractivity contribution in [3.05, 3.63) is 65.7 Å². The third kappa shape index (κ3) is 4.49. The number of hydrogen-bond donors (Lipinski definition) is 2. The Morgan fingerprint density at radius 1 is 1.04 bits per heavy atom. The van der Waals surface area contributed by atoms with E-state index in [9.17, 15) is 4.79 Å². The fourth-order valence-electron chi connectivity index (χ4n) is 2.98. The maximum atomic E-state index is 12.3. The smallest absolute Gasteiger partial charge is 0.251 e. The largest absolute Gasteiger partial charge is 0.371 e. The number of carbonyl (C=O) groups excluding carboxylic acids is 1. The monoisotopic (exact) mass is 345 g/mol. The van der Waals surface area contributed by atoms with Gasteiger partial charge in [0.2, 0.25) is 0 Å². The molecule has 128 valence electrons. The van der Waals surface area contributed by atoms with E-state index in [0.717, 1.165) is 31.5 Å². The van der Waals surface area contributed by atoms with Gasteiger partial charge in [-0.3, -0.25) is 4.79 Å². The van der Waals surface area contributed by atoms with E-state index in [2.05, 4.69) is 34.5 Å². The van der Waals surface area contributed by atoms with Gasteiger partial charge in [-0.05, 0) is 42.7 Å². The molecule has 1 aliphatic heterocycles. The van der Waals surface area contributed by atoms with Gasteiger partial charge in [-0.15, -0.1) is 12.4 Å². The summed E-state index contributed by atoms with van der Waals surface area (Å²) >= 11 is 0. The average molecular weight is 346 g/mol. The molecule has 1 saturated heterocycles. The molecule has 0 bridgehead atoms. The molecule has 2 aromatic carbocycles. The Hall–Kier alpha value is -2.04. The zero-order valence-corrected chi connectivity index (χ0v) is 14.5. The van der Waals surface area contributed by atoms with Crippen LogP contribution in [0.1, 0.15) is 28.8 Å². The molecule has 0 aliphatic carbocycles. The minimum atomic E-state index is 0. The van der Waals surface area contributed by atoms with Gasteiger partial charge >= 0.3 is 0 Å². The van der Waals surface area contributed by atoms with Crippen LogP contribution in [0.15, 0.2) is 54.6 Å². The molecule has 2 aromatic rings. The summed E-state index contributed by atoms with van der Waals surface area (Å²) in [5, 5.41) is 3.15. The van der Waals surface area contributed by atoms with Gasteiger partial charge in [-0.1, -0.05) is 30.3 Å². The molecule has 4 nitrogen and oxygen atoms in total. The standard InChI is InChI=1S/C19H23N3O.ClH/c20-14-15-6-8-16(9-7-15)19(23)21-17-10-12-22(13-11-17)18-4-2-1-3-5-18;/h1-9,17H,10-14,20H2,(H,21,23);1H. The summed E-state index contributed by atoms with van der Waals surface area (Å²) in [6.45, 7) is 2.45. The maximum absolute atomic E-state index is 12.3. The van der Waals surface area contributed by atoms with E-state index in [1.807, 2.05) is 30.3 Å². The van der Waals surface area contributed by atoms with Gasteiger partial charge in [-0.2, -0.15) is 0 Å². The summed E-state index contributed by atoms with van der Waals surface area (Å²) in [7, 11) is 0. The Bertz CT molecular complexity index is 637. The topological polar surface area (TPSA) is 58.4 Å². The van der Waals surface area contributed by atoms with Crippen LogP contribution in [-0.4, -0.2) is 25.0 Å². The maximum Gasteiger partial charge on any atom is 0.251 e. The third-order valence-corrected chi connectivity index (χ3v) is 4.40. The van der Waals surface area contributed by atoms with Crippen molar-refractivity contribution in [2.24, 2.45) is 5.73 Å².